The Morgan fingerprint density at radius 1 is 1.33 bits per heavy atom. The molecule has 0 aromatic heterocycles. The molecule has 0 radical (unpaired) electrons. The highest BCUT2D eigenvalue weighted by Crippen LogP contribution is 2.00. The Balaban J connectivity index is 3.86. The van der Waals surface area contributed by atoms with E-state index in [1.165, 1.54) is 0 Å². The Labute approximate surface area is 75.9 Å². The van der Waals surface area contributed by atoms with E-state index in [1.807, 2.05) is 6.92 Å². The summed E-state index contributed by atoms with van der Waals surface area (Å²) < 4.78 is 0. The second-order valence-electron chi connectivity index (χ2n) is 3.46. The number of ketones is 1. The monoisotopic (exact) mass is 171 g/mol. The van der Waals surface area contributed by atoms with Crippen molar-refractivity contribution in [2.75, 3.05) is 13.1 Å². The molecule has 0 N–H and O–H groups in total. The van der Waals surface area contributed by atoms with Crippen molar-refractivity contribution in [3.63, 3.8) is 0 Å². The van der Waals surface area contributed by atoms with Gasteiger partial charge in [0.1, 0.15) is 5.78 Å². The summed E-state index contributed by atoms with van der Waals surface area (Å²) in [7, 11) is 0. The molecule has 0 amide bonds. The van der Waals surface area contributed by atoms with Crippen LogP contribution in [0.1, 0.15) is 40.5 Å². The fraction of sp³-hybridized carbons (Fsp3) is 0.900. The number of carbonyl (C=O) groups excluding carboxylic acids is 1. The maximum absolute atomic E-state index is 11.2. The number of carbonyl (C=O) groups is 1. The molecule has 72 valence electrons. The minimum Gasteiger partial charge on any atom is -0.298 e. The van der Waals surface area contributed by atoms with Crippen LogP contribution in [0.3, 0.4) is 0 Å². The second kappa shape index (κ2) is 6.18. The summed E-state index contributed by atoms with van der Waals surface area (Å²) in [6.45, 7) is 10.0. The van der Waals surface area contributed by atoms with Gasteiger partial charge in [-0.25, -0.2) is 0 Å². The minimum atomic E-state index is 0.345. The Bertz CT molecular complexity index is 132. The van der Waals surface area contributed by atoms with E-state index in [9.17, 15) is 4.79 Å². The van der Waals surface area contributed by atoms with Gasteiger partial charge >= 0.3 is 0 Å². The fourth-order valence-corrected chi connectivity index (χ4v) is 1.15. The third-order valence-electron chi connectivity index (χ3n) is 2.01. The lowest BCUT2D eigenvalue weighted by Gasteiger charge is -2.24. The van der Waals surface area contributed by atoms with Crippen LogP contribution >= 0.6 is 0 Å². The van der Waals surface area contributed by atoms with Gasteiger partial charge in [0.2, 0.25) is 0 Å². The van der Waals surface area contributed by atoms with Gasteiger partial charge in [-0.3, -0.25) is 9.69 Å². The summed E-state index contributed by atoms with van der Waals surface area (Å²) in [4.78, 5) is 13.4. The van der Waals surface area contributed by atoms with E-state index >= 15 is 0 Å². The van der Waals surface area contributed by atoms with Gasteiger partial charge in [0.15, 0.2) is 0 Å². The van der Waals surface area contributed by atoms with Crippen molar-refractivity contribution < 1.29 is 4.79 Å². The van der Waals surface area contributed by atoms with Crippen molar-refractivity contribution in [2.45, 2.75) is 46.6 Å². The molecule has 0 heterocycles. The summed E-state index contributed by atoms with van der Waals surface area (Å²) in [5.41, 5.74) is 0. The van der Waals surface area contributed by atoms with Crippen molar-refractivity contribution in [2.24, 2.45) is 0 Å². The molecular formula is C10H21NO. The van der Waals surface area contributed by atoms with Gasteiger partial charge in [-0.2, -0.15) is 0 Å². The smallest absolute Gasteiger partial charge is 0.146 e. The predicted molar refractivity (Wildman–Crippen MR) is 52.3 cm³/mol. The molecule has 0 aromatic carbocycles. The van der Waals surface area contributed by atoms with E-state index in [2.05, 4.69) is 25.7 Å². The van der Waals surface area contributed by atoms with E-state index in [-0.39, 0.29) is 0 Å². The number of nitrogens with zero attached hydrogens (tertiary/aromatic N) is 1. The van der Waals surface area contributed by atoms with E-state index in [1.54, 1.807) is 0 Å². The average molecular weight is 171 g/mol. The molecule has 0 aliphatic rings. The van der Waals surface area contributed by atoms with E-state index in [0.717, 1.165) is 13.0 Å². The zero-order chi connectivity index (χ0) is 9.56. The number of hydrogen-bond donors (Lipinski definition) is 0. The molecule has 0 rings (SSSR count). The summed E-state index contributed by atoms with van der Waals surface area (Å²) >= 11 is 0. The molecular weight excluding hydrogens is 150 g/mol. The zero-order valence-corrected chi connectivity index (χ0v) is 8.76. The zero-order valence-electron chi connectivity index (χ0n) is 8.76. The number of Topliss-reactive ketones (excluding diaryl/α,β-unsaturated/α-hetero) is 1. The molecule has 0 saturated carbocycles. The lowest BCUT2D eigenvalue weighted by Crippen LogP contribution is -2.36. The lowest BCUT2D eigenvalue weighted by atomic mass is 10.2. The third kappa shape index (κ3) is 4.50. The maximum atomic E-state index is 11.2. The van der Waals surface area contributed by atoms with Crippen molar-refractivity contribution in [1.82, 2.24) is 4.90 Å². The van der Waals surface area contributed by atoms with E-state index in [4.69, 9.17) is 0 Å². The van der Waals surface area contributed by atoms with Gasteiger partial charge in [0.05, 0.1) is 6.54 Å². The topological polar surface area (TPSA) is 20.3 Å². The largest absolute Gasteiger partial charge is 0.298 e. The normalized spacial score (nSPS) is 11.2. The highest BCUT2D eigenvalue weighted by atomic mass is 16.1. The SMILES string of the molecule is CCCN(CC(=O)CC)C(C)C. The van der Waals surface area contributed by atoms with Crippen molar-refractivity contribution in [1.29, 1.82) is 0 Å². The molecule has 0 unspecified atom stereocenters. The van der Waals surface area contributed by atoms with Gasteiger partial charge in [0, 0.05) is 12.5 Å². The first-order valence-corrected chi connectivity index (χ1v) is 4.87. The molecule has 0 saturated heterocycles. The highest BCUT2D eigenvalue weighted by molar-refractivity contribution is 5.80. The molecule has 2 heteroatoms. The number of rotatable bonds is 6. The first-order chi connectivity index (χ1) is 5.61. The van der Waals surface area contributed by atoms with E-state index in [0.29, 0.717) is 24.8 Å². The summed E-state index contributed by atoms with van der Waals surface area (Å²) in [6, 6.07) is 0.487. The molecule has 0 spiro atoms. The lowest BCUT2D eigenvalue weighted by molar-refractivity contribution is -0.120. The van der Waals surface area contributed by atoms with Crippen LogP contribution in [0.5, 0.6) is 0 Å². The van der Waals surface area contributed by atoms with Gasteiger partial charge in [-0.15, -0.1) is 0 Å². The maximum Gasteiger partial charge on any atom is 0.146 e. The Morgan fingerprint density at radius 2 is 1.92 bits per heavy atom. The van der Waals surface area contributed by atoms with E-state index < -0.39 is 0 Å². The third-order valence-corrected chi connectivity index (χ3v) is 2.01. The molecule has 0 aromatic rings. The summed E-state index contributed by atoms with van der Waals surface area (Å²) in [5.74, 6) is 0.345. The second-order valence-corrected chi connectivity index (χ2v) is 3.46. The quantitative estimate of drug-likeness (QED) is 0.610. The van der Waals surface area contributed by atoms with Gasteiger partial charge in [-0.1, -0.05) is 13.8 Å². The predicted octanol–water partition coefficient (Wildman–Crippen LogP) is 2.09. The van der Waals surface area contributed by atoms with Crippen molar-refractivity contribution in [3.8, 4) is 0 Å². The van der Waals surface area contributed by atoms with Gasteiger partial charge < -0.3 is 0 Å². The van der Waals surface area contributed by atoms with Gasteiger partial charge in [0.25, 0.3) is 0 Å². The standard InChI is InChI=1S/C10H21NO/c1-5-7-11(9(3)4)8-10(12)6-2/h9H,5-8H2,1-4H3. The number of hydrogen-bond acceptors (Lipinski definition) is 2. The van der Waals surface area contributed by atoms with Crippen LogP contribution in [0.15, 0.2) is 0 Å². The highest BCUT2D eigenvalue weighted by Gasteiger charge is 2.10. The minimum absolute atomic E-state index is 0.345. The summed E-state index contributed by atoms with van der Waals surface area (Å²) in [5, 5.41) is 0. The van der Waals surface area contributed by atoms with Crippen LogP contribution in [-0.4, -0.2) is 29.8 Å². The van der Waals surface area contributed by atoms with Crippen LogP contribution in [0, 0.1) is 0 Å². The molecule has 0 fully saturated rings. The molecule has 0 aliphatic heterocycles. The van der Waals surface area contributed by atoms with Crippen LogP contribution < -0.4 is 0 Å². The Morgan fingerprint density at radius 3 is 2.25 bits per heavy atom. The average Bonchev–Trinajstić information content (AvgIpc) is 2.03. The molecule has 0 atom stereocenters. The van der Waals surface area contributed by atoms with Crippen LogP contribution in [-0.2, 0) is 4.79 Å². The Hall–Kier alpha value is -0.370. The van der Waals surface area contributed by atoms with Crippen molar-refractivity contribution in [3.05, 3.63) is 0 Å². The fourth-order valence-electron chi connectivity index (χ4n) is 1.15. The van der Waals surface area contributed by atoms with Crippen molar-refractivity contribution >= 4 is 5.78 Å². The summed E-state index contributed by atoms with van der Waals surface area (Å²) in [6.07, 6.45) is 1.78. The molecule has 12 heavy (non-hydrogen) atoms. The Kier molecular flexibility index (Phi) is 5.99. The molecule has 2 nitrogen and oxygen atoms in total. The first kappa shape index (κ1) is 11.6. The van der Waals surface area contributed by atoms with Crippen LogP contribution in [0.2, 0.25) is 0 Å². The molecule has 0 aliphatic carbocycles. The molecule has 0 bridgehead atoms. The van der Waals surface area contributed by atoms with Crippen LogP contribution in [0.4, 0.5) is 0 Å². The van der Waals surface area contributed by atoms with Gasteiger partial charge in [-0.05, 0) is 26.8 Å². The van der Waals surface area contributed by atoms with Crippen LogP contribution in [0.25, 0.3) is 0 Å². The first-order valence-electron chi connectivity index (χ1n) is 4.87.